The highest BCUT2D eigenvalue weighted by atomic mass is 15.2. The maximum atomic E-state index is 5.69. The average Bonchev–Trinajstić information content (AvgIpc) is 2.49. The highest BCUT2D eigenvalue weighted by molar-refractivity contribution is 5.41. The van der Waals surface area contributed by atoms with Crippen LogP contribution in [0.15, 0.2) is 42.7 Å². The van der Waals surface area contributed by atoms with Crippen molar-refractivity contribution in [3.8, 4) is 0 Å². The number of nitrogens with zero attached hydrogens (tertiary/aromatic N) is 3. The molecule has 0 amide bonds. The Balaban J connectivity index is 1.57. The maximum absolute atomic E-state index is 5.69. The smallest absolute Gasteiger partial charge is 0.149 e. The van der Waals surface area contributed by atoms with Gasteiger partial charge in [-0.2, -0.15) is 0 Å². The van der Waals surface area contributed by atoms with E-state index in [2.05, 4.69) is 45.2 Å². The molecule has 20 heavy (non-hydrogen) atoms. The number of anilines is 2. The molecule has 0 saturated carbocycles. The summed E-state index contributed by atoms with van der Waals surface area (Å²) in [6.07, 6.45) is 6.97. The Kier molecular flexibility index (Phi) is 3.81. The molecule has 1 aliphatic rings. The van der Waals surface area contributed by atoms with Gasteiger partial charge in [0.1, 0.15) is 11.6 Å². The molecule has 4 nitrogen and oxygen atoms in total. The molecule has 2 heterocycles. The lowest BCUT2D eigenvalue weighted by Crippen LogP contribution is -2.35. The Bertz CT molecular complexity index is 547. The molecule has 0 spiro atoms. The van der Waals surface area contributed by atoms with Crippen molar-refractivity contribution < 1.29 is 0 Å². The highest BCUT2D eigenvalue weighted by Crippen LogP contribution is 2.24. The SMILES string of the molecule is Nc1cncc(N2CCC(Cc3ccccc3)CC2)n1. The first-order valence-electron chi connectivity index (χ1n) is 7.17. The third-order valence-corrected chi connectivity index (χ3v) is 3.95. The van der Waals surface area contributed by atoms with Crippen molar-refractivity contribution in [3.05, 3.63) is 48.3 Å². The zero-order valence-corrected chi connectivity index (χ0v) is 11.6. The number of benzene rings is 1. The number of nitrogens with two attached hydrogens (primary N) is 1. The summed E-state index contributed by atoms with van der Waals surface area (Å²) in [7, 11) is 0. The first kappa shape index (κ1) is 12.9. The first-order valence-corrected chi connectivity index (χ1v) is 7.17. The van der Waals surface area contributed by atoms with Crippen LogP contribution in [0, 0.1) is 5.92 Å². The molecule has 1 fully saturated rings. The Morgan fingerprint density at radius 3 is 2.55 bits per heavy atom. The maximum Gasteiger partial charge on any atom is 0.149 e. The predicted octanol–water partition coefficient (Wildman–Crippen LogP) is 2.52. The van der Waals surface area contributed by atoms with Gasteiger partial charge in [0, 0.05) is 13.1 Å². The van der Waals surface area contributed by atoms with Gasteiger partial charge in [-0.1, -0.05) is 30.3 Å². The van der Waals surface area contributed by atoms with E-state index < -0.39 is 0 Å². The summed E-state index contributed by atoms with van der Waals surface area (Å²) in [4.78, 5) is 10.7. The third kappa shape index (κ3) is 3.07. The largest absolute Gasteiger partial charge is 0.382 e. The van der Waals surface area contributed by atoms with Crippen LogP contribution in [0.1, 0.15) is 18.4 Å². The number of hydrogen-bond donors (Lipinski definition) is 1. The Morgan fingerprint density at radius 2 is 1.85 bits per heavy atom. The fraction of sp³-hybridized carbons (Fsp3) is 0.375. The van der Waals surface area contributed by atoms with Crippen LogP contribution >= 0.6 is 0 Å². The predicted molar refractivity (Wildman–Crippen MR) is 81.5 cm³/mol. The second-order valence-electron chi connectivity index (χ2n) is 5.42. The minimum absolute atomic E-state index is 0.494. The van der Waals surface area contributed by atoms with Crippen LogP contribution in [0.2, 0.25) is 0 Å². The monoisotopic (exact) mass is 268 g/mol. The van der Waals surface area contributed by atoms with Crippen molar-refractivity contribution in [1.29, 1.82) is 0 Å². The van der Waals surface area contributed by atoms with Crippen molar-refractivity contribution in [2.75, 3.05) is 23.7 Å². The van der Waals surface area contributed by atoms with Crippen molar-refractivity contribution >= 4 is 11.6 Å². The number of nitrogen functional groups attached to an aromatic ring is 1. The highest BCUT2D eigenvalue weighted by Gasteiger charge is 2.20. The van der Waals surface area contributed by atoms with E-state index in [4.69, 9.17) is 5.73 Å². The van der Waals surface area contributed by atoms with Crippen LogP contribution in [0.5, 0.6) is 0 Å². The minimum Gasteiger partial charge on any atom is -0.382 e. The van der Waals surface area contributed by atoms with Crippen LogP contribution < -0.4 is 10.6 Å². The molecule has 1 aromatic carbocycles. The van der Waals surface area contributed by atoms with Gasteiger partial charge >= 0.3 is 0 Å². The normalized spacial score (nSPS) is 16.3. The molecule has 2 aromatic rings. The van der Waals surface area contributed by atoms with E-state index in [1.807, 2.05) is 0 Å². The van der Waals surface area contributed by atoms with Gasteiger partial charge in [-0.3, -0.25) is 4.98 Å². The Hall–Kier alpha value is -2.10. The van der Waals surface area contributed by atoms with Gasteiger partial charge in [-0.15, -0.1) is 0 Å². The van der Waals surface area contributed by atoms with E-state index >= 15 is 0 Å². The summed E-state index contributed by atoms with van der Waals surface area (Å²) < 4.78 is 0. The van der Waals surface area contributed by atoms with Gasteiger partial charge in [-0.05, 0) is 30.7 Å². The van der Waals surface area contributed by atoms with Gasteiger partial charge in [0.15, 0.2) is 0 Å². The molecule has 1 aromatic heterocycles. The van der Waals surface area contributed by atoms with E-state index in [-0.39, 0.29) is 0 Å². The molecule has 4 heteroatoms. The summed E-state index contributed by atoms with van der Waals surface area (Å²) in [5.74, 6) is 2.17. The molecule has 2 N–H and O–H groups in total. The number of piperidine rings is 1. The topological polar surface area (TPSA) is 55.0 Å². The van der Waals surface area contributed by atoms with Gasteiger partial charge in [-0.25, -0.2) is 4.98 Å². The van der Waals surface area contributed by atoms with Crippen molar-refractivity contribution in [2.45, 2.75) is 19.3 Å². The van der Waals surface area contributed by atoms with Crippen molar-refractivity contribution in [3.63, 3.8) is 0 Å². The fourth-order valence-corrected chi connectivity index (χ4v) is 2.84. The second-order valence-corrected chi connectivity index (χ2v) is 5.42. The van der Waals surface area contributed by atoms with E-state index in [0.717, 1.165) is 24.8 Å². The van der Waals surface area contributed by atoms with Crippen molar-refractivity contribution in [2.24, 2.45) is 5.92 Å². The third-order valence-electron chi connectivity index (χ3n) is 3.95. The quantitative estimate of drug-likeness (QED) is 0.929. The van der Waals surface area contributed by atoms with Crippen LogP contribution in [0.3, 0.4) is 0 Å². The first-order chi connectivity index (χ1) is 9.81. The summed E-state index contributed by atoms with van der Waals surface area (Å²) in [5, 5.41) is 0. The van der Waals surface area contributed by atoms with Crippen LogP contribution in [0.4, 0.5) is 11.6 Å². The lowest BCUT2D eigenvalue weighted by Gasteiger charge is -2.32. The Morgan fingerprint density at radius 1 is 1.10 bits per heavy atom. The standard InChI is InChI=1S/C16H20N4/c17-15-11-18-12-16(19-15)20-8-6-14(7-9-20)10-13-4-2-1-3-5-13/h1-5,11-12,14H,6-10H2,(H2,17,19). The Labute approximate surface area is 119 Å². The molecular weight excluding hydrogens is 248 g/mol. The average molecular weight is 268 g/mol. The lowest BCUT2D eigenvalue weighted by atomic mass is 9.90. The van der Waals surface area contributed by atoms with E-state index in [1.54, 1.807) is 12.4 Å². The van der Waals surface area contributed by atoms with E-state index in [1.165, 1.54) is 24.8 Å². The molecule has 0 bridgehead atoms. The molecule has 0 aliphatic carbocycles. The van der Waals surface area contributed by atoms with Crippen LogP contribution in [0.25, 0.3) is 0 Å². The number of rotatable bonds is 3. The van der Waals surface area contributed by atoms with Gasteiger partial charge in [0.2, 0.25) is 0 Å². The molecule has 3 rings (SSSR count). The van der Waals surface area contributed by atoms with Gasteiger partial charge in [0.25, 0.3) is 0 Å². The second kappa shape index (κ2) is 5.90. The molecule has 1 aliphatic heterocycles. The van der Waals surface area contributed by atoms with E-state index in [9.17, 15) is 0 Å². The zero-order chi connectivity index (χ0) is 13.8. The summed E-state index contributed by atoms with van der Waals surface area (Å²) in [5.41, 5.74) is 7.13. The molecular formula is C16H20N4. The zero-order valence-electron chi connectivity index (χ0n) is 11.6. The number of aromatic nitrogens is 2. The van der Waals surface area contributed by atoms with Crippen LogP contribution in [-0.2, 0) is 6.42 Å². The molecule has 104 valence electrons. The summed E-state index contributed by atoms with van der Waals surface area (Å²) in [6, 6.07) is 10.7. The molecule has 1 saturated heterocycles. The summed E-state index contributed by atoms with van der Waals surface area (Å²) >= 11 is 0. The molecule has 0 atom stereocenters. The van der Waals surface area contributed by atoms with Gasteiger partial charge in [0.05, 0.1) is 12.4 Å². The minimum atomic E-state index is 0.494. The van der Waals surface area contributed by atoms with E-state index in [0.29, 0.717) is 5.82 Å². The number of hydrogen-bond acceptors (Lipinski definition) is 4. The molecule has 0 unspecified atom stereocenters. The molecule has 0 radical (unpaired) electrons. The van der Waals surface area contributed by atoms with Gasteiger partial charge < -0.3 is 10.6 Å². The van der Waals surface area contributed by atoms with Crippen molar-refractivity contribution in [1.82, 2.24) is 9.97 Å². The fourth-order valence-electron chi connectivity index (χ4n) is 2.84. The summed E-state index contributed by atoms with van der Waals surface area (Å²) in [6.45, 7) is 2.07. The van der Waals surface area contributed by atoms with Crippen LogP contribution in [-0.4, -0.2) is 23.1 Å². The lowest BCUT2D eigenvalue weighted by molar-refractivity contribution is 0.402.